The lowest BCUT2D eigenvalue weighted by Crippen LogP contribution is -2.36. The summed E-state index contributed by atoms with van der Waals surface area (Å²) in [6.45, 7) is 4.88. The number of carbonyl (C=O) groups is 2. The van der Waals surface area contributed by atoms with Crippen LogP contribution in [0.2, 0.25) is 0 Å². The molecule has 23 heavy (non-hydrogen) atoms. The number of carbonyl (C=O) groups excluding carboxylic acids is 2. The van der Waals surface area contributed by atoms with Crippen LogP contribution in [0.25, 0.3) is 0 Å². The summed E-state index contributed by atoms with van der Waals surface area (Å²) >= 11 is 1.64. The first-order chi connectivity index (χ1) is 11.2. The maximum Gasteiger partial charge on any atom is 0.230 e. The van der Waals surface area contributed by atoms with Crippen LogP contribution in [0.15, 0.2) is 54.4 Å². The highest BCUT2D eigenvalue weighted by atomic mass is 32.1. The third kappa shape index (κ3) is 3.27. The number of benzene rings is 1. The SMILES string of the molecule is C=CCN(Cc1cccs1)C(=O)[C@H]1CCC(=O)c2ccccc21. The summed E-state index contributed by atoms with van der Waals surface area (Å²) in [6, 6.07) is 11.5. The minimum absolute atomic E-state index is 0.0817. The van der Waals surface area contributed by atoms with Gasteiger partial charge in [-0.15, -0.1) is 17.9 Å². The summed E-state index contributed by atoms with van der Waals surface area (Å²) in [5, 5.41) is 2.01. The van der Waals surface area contributed by atoms with Crippen molar-refractivity contribution in [2.45, 2.75) is 25.3 Å². The van der Waals surface area contributed by atoms with Crippen LogP contribution in [0, 0.1) is 0 Å². The summed E-state index contributed by atoms with van der Waals surface area (Å²) in [5.74, 6) is -0.0137. The number of hydrogen-bond acceptors (Lipinski definition) is 3. The topological polar surface area (TPSA) is 37.4 Å². The average Bonchev–Trinajstić information content (AvgIpc) is 3.08. The lowest BCUT2D eigenvalue weighted by atomic mass is 9.81. The first kappa shape index (κ1) is 15.7. The number of thiophene rings is 1. The monoisotopic (exact) mass is 325 g/mol. The van der Waals surface area contributed by atoms with Gasteiger partial charge in [-0.05, 0) is 23.4 Å². The van der Waals surface area contributed by atoms with Crippen molar-refractivity contribution >= 4 is 23.0 Å². The Bertz CT molecular complexity index is 721. The molecule has 1 atom stereocenters. The fourth-order valence-electron chi connectivity index (χ4n) is 3.08. The number of hydrogen-bond donors (Lipinski definition) is 0. The molecule has 3 nitrogen and oxygen atoms in total. The van der Waals surface area contributed by atoms with Gasteiger partial charge in [-0.2, -0.15) is 0 Å². The van der Waals surface area contributed by atoms with Crippen molar-refractivity contribution in [2.75, 3.05) is 6.54 Å². The van der Waals surface area contributed by atoms with E-state index >= 15 is 0 Å². The maximum atomic E-state index is 13.1. The second kappa shape index (κ2) is 6.92. The first-order valence-corrected chi connectivity index (χ1v) is 8.63. The van der Waals surface area contributed by atoms with Crippen LogP contribution in [0.4, 0.5) is 0 Å². The van der Waals surface area contributed by atoms with Crippen molar-refractivity contribution in [3.05, 3.63) is 70.4 Å². The van der Waals surface area contributed by atoms with E-state index in [1.54, 1.807) is 17.4 Å². The molecule has 0 bridgehead atoms. The van der Waals surface area contributed by atoms with Gasteiger partial charge in [0.2, 0.25) is 5.91 Å². The molecule has 4 heteroatoms. The number of nitrogens with zero attached hydrogens (tertiary/aromatic N) is 1. The maximum absolute atomic E-state index is 13.1. The molecule has 0 unspecified atom stereocenters. The molecule has 3 rings (SSSR count). The molecule has 1 heterocycles. The zero-order valence-electron chi connectivity index (χ0n) is 12.9. The Balaban J connectivity index is 1.87. The Morgan fingerprint density at radius 3 is 2.87 bits per heavy atom. The fourth-order valence-corrected chi connectivity index (χ4v) is 3.80. The van der Waals surface area contributed by atoms with E-state index in [2.05, 4.69) is 6.58 Å². The molecule has 0 spiro atoms. The van der Waals surface area contributed by atoms with E-state index in [-0.39, 0.29) is 17.6 Å². The summed E-state index contributed by atoms with van der Waals surface area (Å²) < 4.78 is 0. The van der Waals surface area contributed by atoms with Gasteiger partial charge in [0.25, 0.3) is 0 Å². The van der Waals surface area contributed by atoms with Crippen LogP contribution >= 0.6 is 11.3 Å². The molecule has 0 aliphatic heterocycles. The standard InChI is InChI=1S/C19H19NO2S/c1-2-11-20(13-14-6-5-12-23-14)19(22)17-9-10-18(21)16-8-4-3-7-15(16)17/h2-8,12,17H,1,9-11,13H2/t17-/m0/s1. The lowest BCUT2D eigenvalue weighted by Gasteiger charge is -2.29. The number of ketones is 1. The van der Waals surface area contributed by atoms with Gasteiger partial charge in [0, 0.05) is 23.4 Å². The molecule has 1 aromatic heterocycles. The predicted molar refractivity (Wildman–Crippen MR) is 92.7 cm³/mol. The molecule has 1 aromatic carbocycles. The van der Waals surface area contributed by atoms with Crippen LogP contribution in [0.1, 0.15) is 39.6 Å². The van der Waals surface area contributed by atoms with E-state index in [0.29, 0.717) is 31.5 Å². The third-order valence-electron chi connectivity index (χ3n) is 4.18. The van der Waals surface area contributed by atoms with E-state index in [1.807, 2.05) is 46.7 Å². The van der Waals surface area contributed by atoms with Crippen molar-refractivity contribution in [1.82, 2.24) is 4.90 Å². The number of Topliss-reactive ketones (excluding diaryl/α,β-unsaturated/α-hetero) is 1. The second-order valence-corrected chi connectivity index (χ2v) is 6.72. The van der Waals surface area contributed by atoms with Crippen LogP contribution in [0.5, 0.6) is 0 Å². The summed E-state index contributed by atoms with van der Waals surface area (Å²) in [7, 11) is 0. The van der Waals surface area contributed by atoms with E-state index in [9.17, 15) is 9.59 Å². The van der Waals surface area contributed by atoms with Crippen molar-refractivity contribution in [2.24, 2.45) is 0 Å². The van der Waals surface area contributed by atoms with Gasteiger partial charge in [0.05, 0.1) is 12.5 Å². The summed E-state index contributed by atoms with van der Waals surface area (Å²) in [4.78, 5) is 28.1. The Morgan fingerprint density at radius 2 is 2.13 bits per heavy atom. The fraction of sp³-hybridized carbons (Fsp3) is 0.263. The van der Waals surface area contributed by atoms with Crippen LogP contribution in [-0.4, -0.2) is 23.1 Å². The van der Waals surface area contributed by atoms with Crippen molar-refractivity contribution in [3.8, 4) is 0 Å². The van der Waals surface area contributed by atoms with Crippen LogP contribution in [-0.2, 0) is 11.3 Å². The van der Waals surface area contributed by atoms with E-state index < -0.39 is 0 Å². The van der Waals surface area contributed by atoms with Gasteiger partial charge < -0.3 is 4.90 Å². The number of fused-ring (bicyclic) bond motifs is 1. The predicted octanol–water partition coefficient (Wildman–Crippen LogP) is 4.02. The lowest BCUT2D eigenvalue weighted by molar-refractivity contribution is -0.133. The van der Waals surface area contributed by atoms with Crippen LogP contribution < -0.4 is 0 Å². The quantitative estimate of drug-likeness (QED) is 0.779. The minimum Gasteiger partial charge on any atom is -0.333 e. The molecule has 0 N–H and O–H groups in total. The van der Waals surface area contributed by atoms with E-state index in [4.69, 9.17) is 0 Å². The zero-order chi connectivity index (χ0) is 16.2. The smallest absolute Gasteiger partial charge is 0.230 e. The minimum atomic E-state index is -0.233. The van der Waals surface area contributed by atoms with Crippen molar-refractivity contribution in [1.29, 1.82) is 0 Å². The molecule has 1 aliphatic rings. The number of amides is 1. The second-order valence-electron chi connectivity index (χ2n) is 5.69. The molecular weight excluding hydrogens is 306 g/mol. The average molecular weight is 325 g/mol. The largest absolute Gasteiger partial charge is 0.333 e. The Hall–Kier alpha value is -2.20. The molecule has 0 saturated heterocycles. The molecule has 118 valence electrons. The molecule has 0 radical (unpaired) electrons. The van der Waals surface area contributed by atoms with Crippen molar-refractivity contribution in [3.63, 3.8) is 0 Å². The molecule has 0 saturated carbocycles. The number of rotatable bonds is 5. The van der Waals surface area contributed by atoms with Gasteiger partial charge in [-0.3, -0.25) is 9.59 Å². The van der Waals surface area contributed by atoms with E-state index in [1.165, 1.54) is 0 Å². The van der Waals surface area contributed by atoms with E-state index in [0.717, 1.165) is 10.4 Å². The van der Waals surface area contributed by atoms with Gasteiger partial charge in [-0.25, -0.2) is 0 Å². The Labute approximate surface area is 140 Å². The molecule has 0 fully saturated rings. The molecule has 1 aliphatic carbocycles. The Morgan fingerprint density at radius 1 is 1.30 bits per heavy atom. The Kier molecular flexibility index (Phi) is 4.72. The highest BCUT2D eigenvalue weighted by molar-refractivity contribution is 7.09. The van der Waals surface area contributed by atoms with Gasteiger partial charge in [-0.1, -0.05) is 36.4 Å². The molecular formula is C19H19NO2S. The third-order valence-corrected chi connectivity index (χ3v) is 5.04. The summed E-state index contributed by atoms with van der Waals surface area (Å²) in [6.07, 6.45) is 2.78. The van der Waals surface area contributed by atoms with Gasteiger partial charge in [0.1, 0.15) is 0 Å². The highest BCUT2D eigenvalue weighted by Gasteiger charge is 2.32. The normalized spacial score (nSPS) is 16.7. The zero-order valence-corrected chi connectivity index (χ0v) is 13.7. The van der Waals surface area contributed by atoms with Crippen LogP contribution in [0.3, 0.4) is 0 Å². The first-order valence-electron chi connectivity index (χ1n) is 7.75. The molecule has 2 aromatic rings. The van der Waals surface area contributed by atoms with Gasteiger partial charge in [0.15, 0.2) is 5.78 Å². The highest BCUT2D eigenvalue weighted by Crippen LogP contribution is 2.33. The summed E-state index contributed by atoms with van der Waals surface area (Å²) in [5.41, 5.74) is 1.57. The molecule has 1 amide bonds. The van der Waals surface area contributed by atoms with Crippen molar-refractivity contribution < 1.29 is 9.59 Å². The van der Waals surface area contributed by atoms with Gasteiger partial charge >= 0.3 is 0 Å².